The van der Waals surface area contributed by atoms with Gasteiger partial charge in [-0.2, -0.15) is 0 Å². The normalized spacial score (nSPS) is 13.0. The SMILES string of the molecule is Nc1ccc([N+](=O)[O-])c(C(=O)N2CCc3ccccc32)c1. The molecular weight excluding hydrogens is 270 g/mol. The van der Waals surface area contributed by atoms with Crippen LogP contribution in [-0.2, 0) is 6.42 Å². The van der Waals surface area contributed by atoms with E-state index in [-0.39, 0.29) is 17.2 Å². The van der Waals surface area contributed by atoms with Crippen molar-refractivity contribution in [3.05, 3.63) is 63.7 Å². The van der Waals surface area contributed by atoms with E-state index in [0.717, 1.165) is 17.7 Å². The molecule has 0 aliphatic carbocycles. The first-order chi connectivity index (χ1) is 10.1. The van der Waals surface area contributed by atoms with Crippen molar-refractivity contribution < 1.29 is 9.72 Å². The molecule has 1 aliphatic heterocycles. The molecule has 21 heavy (non-hydrogen) atoms. The summed E-state index contributed by atoms with van der Waals surface area (Å²) < 4.78 is 0. The Bertz CT molecular complexity index is 743. The van der Waals surface area contributed by atoms with Crippen molar-refractivity contribution in [2.24, 2.45) is 0 Å². The Labute approximate surface area is 120 Å². The van der Waals surface area contributed by atoms with Gasteiger partial charge in [-0.05, 0) is 30.2 Å². The minimum absolute atomic E-state index is 0.0247. The third-order valence-electron chi connectivity index (χ3n) is 3.58. The lowest BCUT2D eigenvalue weighted by atomic mass is 10.1. The first-order valence-corrected chi connectivity index (χ1v) is 6.51. The minimum Gasteiger partial charge on any atom is -0.399 e. The lowest BCUT2D eigenvalue weighted by Crippen LogP contribution is -2.29. The highest BCUT2D eigenvalue weighted by Crippen LogP contribution is 2.31. The molecule has 0 saturated carbocycles. The predicted octanol–water partition coefficient (Wildman–Crippen LogP) is 2.38. The van der Waals surface area contributed by atoms with E-state index >= 15 is 0 Å². The van der Waals surface area contributed by atoms with Crippen molar-refractivity contribution >= 4 is 23.0 Å². The number of anilines is 2. The van der Waals surface area contributed by atoms with Crippen LogP contribution in [0.15, 0.2) is 42.5 Å². The summed E-state index contributed by atoms with van der Waals surface area (Å²) in [6.07, 6.45) is 0.748. The summed E-state index contributed by atoms with van der Waals surface area (Å²) in [6.45, 7) is 0.518. The van der Waals surface area contributed by atoms with Crippen LogP contribution in [0.1, 0.15) is 15.9 Å². The number of benzene rings is 2. The van der Waals surface area contributed by atoms with E-state index in [2.05, 4.69) is 0 Å². The second-order valence-corrected chi connectivity index (χ2v) is 4.87. The first-order valence-electron chi connectivity index (χ1n) is 6.51. The number of carbonyl (C=O) groups excluding carboxylic acids is 1. The van der Waals surface area contributed by atoms with Crippen LogP contribution >= 0.6 is 0 Å². The molecule has 0 fully saturated rings. The number of amides is 1. The number of para-hydroxylation sites is 1. The Kier molecular flexibility index (Phi) is 3.06. The summed E-state index contributed by atoms with van der Waals surface area (Å²) in [6, 6.07) is 11.6. The minimum atomic E-state index is -0.561. The number of nitrogens with two attached hydrogens (primary N) is 1. The largest absolute Gasteiger partial charge is 0.399 e. The second-order valence-electron chi connectivity index (χ2n) is 4.87. The second kappa shape index (κ2) is 4.90. The van der Waals surface area contributed by atoms with Gasteiger partial charge in [0, 0.05) is 24.0 Å². The van der Waals surface area contributed by atoms with E-state index in [0.29, 0.717) is 12.2 Å². The van der Waals surface area contributed by atoms with E-state index in [1.54, 1.807) is 4.90 Å². The summed E-state index contributed by atoms with van der Waals surface area (Å²) in [5, 5.41) is 11.1. The fourth-order valence-corrected chi connectivity index (χ4v) is 2.58. The van der Waals surface area contributed by atoms with E-state index in [9.17, 15) is 14.9 Å². The van der Waals surface area contributed by atoms with Crippen LogP contribution in [0.4, 0.5) is 17.1 Å². The number of nitrogens with zero attached hydrogens (tertiary/aromatic N) is 2. The van der Waals surface area contributed by atoms with Gasteiger partial charge >= 0.3 is 0 Å². The standard InChI is InChI=1S/C15H13N3O3/c16-11-5-6-14(18(20)21)12(9-11)15(19)17-8-7-10-3-1-2-4-13(10)17/h1-6,9H,7-8,16H2. The number of nitrogen functional groups attached to an aromatic ring is 1. The molecule has 0 radical (unpaired) electrons. The number of hydrogen-bond donors (Lipinski definition) is 1. The van der Waals surface area contributed by atoms with Gasteiger partial charge in [0.1, 0.15) is 5.56 Å². The summed E-state index contributed by atoms with van der Waals surface area (Å²) in [7, 11) is 0. The molecule has 0 bridgehead atoms. The van der Waals surface area contributed by atoms with Crippen molar-refractivity contribution in [2.45, 2.75) is 6.42 Å². The molecule has 106 valence electrons. The molecule has 3 rings (SSSR count). The van der Waals surface area contributed by atoms with Crippen LogP contribution in [0.5, 0.6) is 0 Å². The van der Waals surface area contributed by atoms with Gasteiger partial charge in [-0.1, -0.05) is 18.2 Å². The van der Waals surface area contributed by atoms with Crippen LogP contribution in [0.2, 0.25) is 0 Å². The van der Waals surface area contributed by atoms with Gasteiger partial charge in [0.15, 0.2) is 0 Å². The molecule has 0 spiro atoms. The summed E-state index contributed by atoms with van der Waals surface area (Å²) >= 11 is 0. The van der Waals surface area contributed by atoms with Crippen molar-refractivity contribution in [3.63, 3.8) is 0 Å². The van der Waals surface area contributed by atoms with Crippen molar-refractivity contribution in [1.29, 1.82) is 0 Å². The number of nitro benzene ring substituents is 1. The Balaban J connectivity index is 2.04. The Morgan fingerprint density at radius 3 is 2.76 bits per heavy atom. The number of rotatable bonds is 2. The quantitative estimate of drug-likeness (QED) is 0.520. The topological polar surface area (TPSA) is 89.5 Å². The molecule has 1 amide bonds. The van der Waals surface area contributed by atoms with Crippen molar-refractivity contribution in [3.8, 4) is 0 Å². The Hall–Kier alpha value is -2.89. The highest BCUT2D eigenvalue weighted by Gasteiger charge is 2.29. The van der Waals surface area contributed by atoms with E-state index in [4.69, 9.17) is 5.73 Å². The molecule has 2 aromatic rings. The molecule has 6 nitrogen and oxygen atoms in total. The van der Waals surface area contributed by atoms with Gasteiger partial charge in [-0.25, -0.2) is 0 Å². The molecule has 6 heteroatoms. The highest BCUT2D eigenvalue weighted by molar-refractivity contribution is 6.10. The van der Waals surface area contributed by atoms with Crippen molar-refractivity contribution in [1.82, 2.24) is 0 Å². The van der Waals surface area contributed by atoms with Gasteiger partial charge in [-0.3, -0.25) is 14.9 Å². The lowest BCUT2D eigenvalue weighted by molar-refractivity contribution is -0.385. The fourth-order valence-electron chi connectivity index (χ4n) is 2.58. The highest BCUT2D eigenvalue weighted by atomic mass is 16.6. The van der Waals surface area contributed by atoms with Crippen LogP contribution in [-0.4, -0.2) is 17.4 Å². The maximum absolute atomic E-state index is 12.7. The van der Waals surface area contributed by atoms with E-state index < -0.39 is 4.92 Å². The molecule has 0 unspecified atom stereocenters. The summed E-state index contributed by atoms with van der Waals surface area (Å²) in [4.78, 5) is 24.8. The first kappa shape index (κ1) is 13.1. The van der Waals surface area contributed by atoms with Gasteiger partial charge in [0.05, 0.1) is 4.92 Å². The zero-order chi connectivity index (χ0) is 15.0. The zero-order valence-corrected chi connectivity index (χ0v) is 11.2. The predicted molar refractivity (Wildman–Crippen MR) is 79.3 cm³/mol. The Morgan fingerprint density at radius 1 is 1.24 bits per heavy atom. The lowest BCUT2D eigenvalue weighted by Gasteiger charge is -2.17. The molecule has 1 heterocycles. The average molecular weight is 283 g/mol. The number of hydrogen-bond acceptors (Lipinski definition) is 4. The van der Waals surface area contributed by atoms with E-state index in [1.165, 1.54) is 18.2 Å². The fraction of sp³-hybridized carbons (Fsp3) is 0.133. The Morgan fingerprint density at radius 2 is 2.00 bits per heavy atom. The maximum atomic E-state index is 12.7. The van der Waals surface area contributed by atoms with Gasteiger partial charge < -0.3 is 10.6 Å². The van der Waals surface area contributed by atoms with Gasteiger partial charge in [0.2, 0.25) is 0 Å². The van der Waals surface area contributed by atoms with Crippen LogP contribution < -0.4 is 10.6 Å². The monoisotopic (exact) mass is 283 g/mol. The summed E-state index contributed by atoms with van der Waals surface area (Å²) in [5.41, 5.74) is 7.67. The average Bonchev–Trinajstić information content (AvgIpc) is 2.90. The van der Waals surface area contributed by atoms with Crippen LogP contribution in [0.25, 0.3) is 0 Å². The summed E-state index contributed by atoms with van der Waals surface area (Å²) in [5.74, 6) is -0.390. The molecule has 0 atom stereocenters. The van der Waals surface area contributed by atoms with Crippen molar-refractivity contribution in [2.75, 3.05) is 17.2 Å². The third kappa shape index (κ3) is 2.20. The molecule has 2 aromatic carbocycles. The van der Waals surface area contributed by atoms with E-state index in [1.807, 2.05) is 24.3 Å². The maximum Gasteiger partial charge on any atom is 0.282 e. The number of nitro groups is 1. The molecular formula is C15H13N3O3. The molecule has 2 N–H and O–H groups in total. The number of carbonyl (C=O) groups is 1. The van der Waals surface area contributed by atoms with Gasteiger partial charge in [0.25, 0.3) is 11.6 Å². The molecule has 0 aromatic heterocycles. The van der Waals surface area contributed by atoms with Crippen LogP contribution in [0.3, 0.4) is 0 Å². The van der Waals surface area contributed by atoms with Crippen LogP contribution in [0, 0.1) is 10.1 Å². The third-order valence-corrected chi connectivity index (χ3v) is 3.58. The smallest absolute Gasteiger partial charge is 0.282 e. The molecule has 0 saturated heterocycles. The number of fused-ring (bicyclic) bond motifs is 1. The van der Waals surface area contributed by atoms with Gasteiger partial charge in [-0.15, -0.1) is 0 Å². The zero-order valence-electron chi connectivity index (χ0n) is 11.2. The molecule has 1 aliphatic rings.